The first-order valence-electron chi connectivity index (χ1n) is 13.0. The van der Waals surface area contributed by atoms with Gasteiger partial charge in [0.15, 0.2) is 0 Å². The predicted octanol–water partition coefficient (Wildman–Crippen LogP) is 4.95. The molecule has 2 heterocycles. The van der Waals surface area contributed by atoms with Gasteiger partial charge in [-0.3, -0.25) is 0 Å². The number of sulfone groups is 1. The van der Waals surface area contributed by atoms with E-state index in [1.165, 1.54) is 11.1 Å². The Morgan fingerprint density at radius 1 is 0.784 bits per heavy atom. The van der Waals surface area contributed by atoms with Crippen LogP contribution in [-0.4, -0.2) is 60.8 Å². The summed E-state index contributed by atoms with van der Waals surface area (Å²) in [4.78, 5) is 5.18. The minimum absolute atomic E-state index is 0.256. The number of ether oxygens (including phenoxy) is 2. The van der Waals surface area contributed by atoms with Gasteiger partial charge in [-0.15, -0.1) is 0 Å². The highest BCUT2D eigenvalue weighted by Crippen LogP contribution is 2.35. The van der Waals surface area contributed by atoms with Crippen LogP contribution in [0.4, 0.5) is 5.69 Å². The maximum atomic E-state index is 13.7. The summed E-state index contributed by atoms with van der Waals surface area (Å²) in [5.41, 5.74) is 4.68. The quantitative estimate of drug-likeness (QED) is 0.458. The van der Waals surface area contributed by atoms with E-state index < -0.39 is 9.84 Å². The van der Waals surface area contributed by atoms with Gasteiger partial charge in [0.2, 0.25) is 9.84 Å². The second-order valence-corrected chi connectivity index (χ2v) is 12.0. The van der Waals surface area contributed by atoms with Gasteiger partial charge in [0, 0.05) is 31.9 Å². The molecule has 0 N–H and O–H groups in total. The zero-order valence-corrected chi connectivity index (χ0v) is 22.8. The standard InChI is InChI=1S/C30H36N2O4S/c1-31-16-12-24-20-29(36-3)30(21-25(24)13-17-31)37(33,34)28-10-6-26(7-11-28)32-18-14-23(15-19-32)22-4-8-27(35-2)9-5-22/h4-11,20-21,23H,12-19H2,1-3H3. The van der Waals surface area contributed by atoms with E-state index in [-0.39, 0.29) is 4.90 Å². The molecule has 0 atom stereocenters. The fraction of sp³-hybridized carbons (Fsp3) is 0.400. The zero-order valence-electron chi connectivity index (χ0n) is 21.9. The molecule has 0 aromatic heterocycles. The third-order valence-corrected chi connectivity index (χ3v) is 9.69. The predicted molar refractivity (Wildman–Crippen MR) is 147 cm³/mol. The minimum atomic E-state index is -3.71. The van der Waals surface area contributed by atoms with Crippen molar-refractivity contribution in [3.63, 3.8) is 0 Å². The lowest BCUT2D eigenvalue weighted by Gasteiger charge is -2.34. The van der Waals surface area contributed by atoms with E-state index in [9.17, 15) is 8.42 Å². The van der Waals surface area contributed by atoms with E-state index in [1.54, 1.807) is 26.4 Å². The first-order valence-corrected chi connectivity index (χ1v) is 14.5. The molecule has 37 heavy (non-hydrogen) atoms. The average Bonchev–Trinajstić information content (AvgIpc) is 3.13. The van der Waals surface area contributed by atoms with Gasteiger partial charge in [-0.1, -0.05) is 12.1 Å². The molecule has 0 unspecified atom stereocenters. The number of anilines is 1. The third-order valence-electron chi connectivity index (χ3n) is 7.90. The highest BCUT2D eigenvalue weighted by Gasteiger charge is 2.26. The topological polar surface area (TPSA) is 59.1 Å². The van der Waals surface area contributed by atoms with Crippen LogP contribution in [-0.2, 0) is 22.7 Å². The molecular weight excluding hydrogens is 484 g/mol. The number of piperidine rings is 1. The largest absolute Gasteiger partial charge is 0.497 e. The van der Waals surface area contributed by atoms with E-state index >= 15 is 0 Å². The smallest absolute Gasteiger partial charge is 0.210 e. The molecule has 0 aliphatic carbocycles. The van der Waals surface area contributed by atoms with Crippen molar-refractivity contribution in [3.8, 4) is 11.5 Å². The molecule has 196 valence electrons. The van der Waals surface area contributed by atoms with Crippen LogP contribution >= 0.6 is 0 Å². The van der Waals surface area contributed by atoms with Crippen LogP contribution in [0.2, 0.25) is 0 Å². The fourth-order valence-electron chi connectivity index (χ4n) is 5.52. The molecule has 0 spiro atoms. The molecule has 5 rings (SSSR count). The molecule has 0 amide bonds. The Hall–Kier alpha value is -3.03. The van der Waals surface area contributed by atoms with Crippen LogP contribution in [0.15, 0.2) is 70.5 Å². The second kappa shape index (κ2) is 10.8. The Morgan fingerprint density at radius 3 is 2.00 bits per heavy atom. The number of hydrogen-bond acceptors (Lipinski definition) is 6. The first kappa shape index (κ1) is 25.6. The molecule has 2 aliphatic heterocycles. The Bertz CT molecular complexity index is 1330. The van der Waals surface area contributed by atoms with Gasteiger partial charge < -0.3 is 19.3 Å². The zero-order chi connectivity index (χ0) is 26.0. The minimum Gasteiger partial charge on any atom is -0.497 e. The fourth-order valence-corrected chi connectivity index (χ4v) is 6.98. The van der Waals surface area contributed by atoms with Crippen molar-refractivity contribution in [1.29, 1.82) is 0 Å². The summed E-state index contributed by atoms with van der Waals surface area (Å²) in [5.74, 6) is 1.84. The van der Waals surface area contributed by atoms with E-state index in [2.05, 4.69) is 29.0 Å². The number of methoxy groups -OCH3 is 2. The molecule has 3 aromatic carbocycles. The van der Waals surface area contributed by atoms with Gasteiger partial charge in [-0.2, -0.15) is 0 Å². The molecule has 0 radical (unpaired) electrons. The molecule has 1 saturated heterocycles. The van der Waals surface area contributed by atoms with Crippen LogP contribution in [0.5, 0.6) is 11.5 Å². The number of fused-ring (bicyclic) bond motifs is 1. The molecule has 1 fully saturated rings. The number of rotatable bonds is 6. The Kier molecular flexibility index (Phi) is 7.45. The molecule has 6 nitrogen and oxygen atoms in total. The Balaban J connectivity index is 1.31. The van der Waals surface area contributed by atoms with E-state index in [0.717, 1.165) is 68.9 Å². The first-order chi connectivity index (χ1) is 17.9. The third kappa shape index (κ3) is 5.34. The van der Waals surface area contributed by atoms with Crippen molar-refractivity contribution in [2.45, 2.75) is 41.4 Å². The van der Waals surface area contributed by atoms with Crippen molar-refractivity contribution in [3.05, 3.63) is 77.4 Å². The molecule has 0 saturated carbocycles. The highest BCUT2D eigenvalue weighted by molar-refractivity contribution is 7.91. The number of nitrogens with zero attached hydrogens (tertiary/aromatic N) is 2. The van der Waals surface area contributed by atoms with Crippen LogP contribution in [0, 0.1) is 0 Å². The van der Waals surface area contributed by atoms with Gasteiger partial charge in [-0.05, 0) is 104 Å². The molecular formula is C30H36N2O4S. The summed E-state index contributed by atoms with van der Waals surface area (Å²) >= 11 is 0. The summed E-state index contributed by atoms with van der Waals surface area (Å²) in [6, 6.07) is 19.5. The lowest BCUT2D eigenvalue weighted by Crippen LogP contribution is -2.32. The maximum absolute atomic E-state index is 13.7. The van der Waals surface area contributed by atoms with Gasteiger partial charge in [0.25, 0.3) is 0 Å². The van der Waals surface area contributed by atoms with Crippen molar-refractivity contribution in [2.24, 2.45) is 0 Å². The highest BCUT2D eigenvalue weighted by atomic mass is 32.2. The van der Waals surface area contributed by atoms with E-state index in [1.807, 2.05) is 36.4 Å². The number of benzene rings is 3. The summed E-state index contributed by atoms with van der Waals surface area (Å²) in [6.07, 6.45) is 3.86. The van der Waals surface area contributed by atoms with Gasteiger partial charge in [0.1, 0.15) is 16.4 Å². The second-order valence-electron chi connectivity index (χ2n) is 10.1. The van der Waals surface area contributed by atoms with E-state index in [0.29, 0.717) is 16.6 Å². The Morgan fingerprint density at radius 2 is 1.41 bits per heavy atom. The van der Waals surface area contributed by atoms with Gasteiger partial charge >= 0.3 is 0 Å². The lowest BCUT2D eigenvalue weighted by molar-refractivity contribution is 0.352. The average molecular weight is 521 g/mol. The summed E-state index contributed by atoms with van der Waals surface area (Å²) in [5, 5.41) is 0. The van der Waals surface area contributed by atoms with Crippen LogP contribution in [0.3, 0.4) is 0 Å². The van der Waals surface area contributed by atoms with Crippen molar-refractivity contribution < 1.29 is 17.9 Å². The molecule has 3 aromatic rings. The molecule has 7 heteroatoms. The normalized spacial score (nSPS) is 17.2. The molecule has 0 bridgehead atoms. The summed E-state index contributed by atoms with van der Waals surface area (Å²) in [6.45, 7) is 3.76. The van der Waals surface area contributed by atoms with E-state index in [4.69, 9.17) is 9.47 Å². The van der Waals surface area contributed by atoms with Gasteiger partial charge in [-0.25, -0.2) is 8.42 Å². The molecule has 2 aliphatic rings. The summed E-state index contributed by atoms with van der Waals surface area (Å²) < 4.78 is 38.2. The van der Waals surface area contributed by atoms with Crippen molar-refractivity contribution in [2.75, 3.05) is 52.3 Å². The Labute approximate surface area is 220 Å². The lowest BCUT2D eigenvalue weighted by atomic mass is 9.89. The van der Waals surface area contributed by atoms with Crippen LogP contribution in [0.1, 0.15) is 35.4 Å². The SMILES string of the molecule is COc1ccc(C2CCN(c3ccc(S(=O)(=O)c4cc5c(cc4OC)CCN(C)CC5)cc3)CC2)cc1. The summed E-state index contributed by atoms with van der Waals surface area (Å²) in [7, 11) is 1.63. The van der Waals surface area contributed by atoms with Gasteiger partial charge in [0.05, 0.1) is 19.1 Å². The van der Waals surface area contributed by atoms with Crippen molar-refractivity contribution >= 4 is 15.5 Å². The monoisotopic (exact) mass is 520 g/mol. The van der Waals surface area contributed by atoms with Crippen LogP contribution < -0.4 is 14.4 Å². The van der Waals surface area contributed by atoms with Crippen LogP contribution in [0.25, 0.3) is 0 Å². The maximum Gasteiger partial charge on any atom is 0.210 e. The van der Waals surface area contributed by atoms with Crippen molar-refractivity contribution in [1.82, 2.24) is 4.90 Å². The number of hydrogen-bond donors (Lipinski definition) is 0. The number of likely N-dealkylation sites (N-methyl/N-ethyl adjacent to an activating group) is 1.